The predicted molar refractivity (Wildman–Crippen MR) is 46.7 cm³/mol. The van der Waals surface area contributed by atoms with Crippen molar-refractivity contribution >= 4 is 17.8 Å². The quantitative estimate of drug-likeness (QED) is 0.525. The van der Waals surface area contributed by atoms with E-state index in [4.69, 9.17) is 10.2 Å². The smallest absolute Gasteiger partial charge is 0.331 e. The topological polar surface area (TPSA) is 104 Å². The van der Waals surface area contributed by atoms with Crippen LogP contribution in [0.15, 0.2) is 11.6 Å². The zero-order valence-electron chi connectivity index (χ0n) is 7.61. The van der Waals surface area contributed by atoms with Gasteiger partial charge >= 0.3 is 11.9 Å². The highest BCUT2D eigenvalue weighted by molar-refractivity contribution is 5.97. The van der Waals surface area contributed by atoms with Crippen molar-refractivity contribution in [2.24, 2.45) is 0 Å². The van der Waals surface area contributed by atoms with Crippen LogP contribution in [0.25, 0.3) is 0 Å². The summed E-state index contributed by atoms with van der Waals surface area (Å²) in [5.41, 5.74) is -0.0992. The largest absolute Gasteiger partial charge is 0.481 e. The highest BCUT2D eigenvalue weighted by Crippen LogP contribution is 1.90. The molecule has 6 nitrogen and oxygen atoms in total. The minimum atomic E-state index is -1.18. The third-order valence-electron chi connectivity index (χ3n) is 1.32. The van der Waals surface area contributed by atoms with Gasteiger partial charge in [-0.05, 0) is 6.92 Å². The fraction of sp³-hybridized carbons (Fsp3) is 0.375. The summed E-state index contributed by atoms with van der Waals surface area (Å²) in [7, 11) is 0. The highest BCUT2D eigenvalue weighted by atomic mass is 16.4. The Hall–Kier alpha value is -1.85. The Labute approximate surface area is 80.2 Å². The monoisotopic (exact) mass is 201 g/mol. The summed E-state index contributed by atoms with van der Waals surface area (Å²) >= 11 is 0. The molecule has 0 aliphatic carbocycles. The number of carbonyl (C=O) groups excluding carboxylic acids is 1. The normalized spacial score (nSPS) is 10.8. The van der Waals surface area contributed by atoms with E-state index >= 15 is 0 Å². The molecule has 0 atom stereocenters. The van der Waals surface area contributed by atoms with Crippen molar-refractivity contribution in [3.63, 3.8) is 0 Å². The first kappa shape index (κ1) is 12.2. The van der Waals surface area contributed by atoms with Gasteiger partial charge in [0.2, 0.25) is 5.91 Å². The minimum absolute atomic E-state index is 0.0163. The van der Waals surface area contributed by atoms with Crippen LogP contribution < -0.4 is 5.32 Å². The van der Waals surface area contributed by atoms with Crippen LogP contribution in [0.5, 0.6) is 0 Å². The van der Waals surface area contributed by atoms with Crippen molar-refractivity contribution < 1.29 is 24.6 Å². The maximum absolute atomic E-state index is 10.9. The van der Waals surface area contributed by atoms with Gasteiger partial charge in [-0.3, -0.25) is 9.59 Å². The summed E-state index contributed by atoms with van der Waals surface area (Å²) in [6, 6.07) is 0. The molecule has 0 heterocycles. The van der Waals surface area contributed by atoms with Crippen molar-refractivity contribution in [3.8, 4) is 0 Å². The number of aliphatic carboxylic acids is 2. The van der Waals surface area contributed by atoms with E-state index in [1.807, 2.05) is 0 Å². The lowest BCUT2D eigenvalue weighted by Crippen LogP contribution is -2.24. The van der Waals surface area contributed by atoms with Crippen molar-refractivity contribution in [2.75, 3.05) is 6.54 Å². The molecule has 0 spiro atoms. The van der Waals surface area contributed by atoms with Gasteiger partial charge in [0.1, 0.15) is 0 Å². The van der Waals surface area contributed by atoms with Crippen LogP contribution in [0.3, 0.4) is 0 Å². The molecule has 0 saturated carbocycles. The molecule has 0 bridgehead atoms. The SMILES string of the molecule is CC(=CC(=O)NCCC(=O)O)C(=O)O. The molecule has 0 aromatic heterocycles. The molecule has 0 rings (SSSR count). The van der Waals surface area contributed by atoms with Crippen LogP contribution in [-0.2, 0) is 14.4 Å². The number of carbonyl (C=O) groups is 3. The van der Waals surface area contributed by atoms with E-state index in [0.717, 1.165) is 6.08 Å². The molecule has 3 N–H and O–H groups in total. The molecular formula is C8H11NO5. The predicted octanol–water partition coefficient (Wildman–Crippen LogP) is -0.392. The van der Waals surface area contributed by atoms with Crippen LogP contribution in [-0.4, -0.2) is 34.6 Å². The van der Waals surface area contributed by atoms with E-state index in [-0.39, 0.29) is 18.5 Å². The molecule has 0 aliphatic heterocycles. The van der Waals surface area contributed by atoms with Gasteiger partial charge in [-0.2, -0.15) is 0 Å². The Balaban J connectivity index is 3.93. The number of carboxylic acids is 2. The van der Waals surface area contributed by atoms with Gasteiger partial charge in [0.05, 0.1) is 6.42 Å². The number of amides is 1. The summed E-state index contributed by atoms with van der Waals surface area (Å²) < 4.78 is 0. The fourth-order valence-electron chi connectivity index (χ4n) is 0.602. The molecule has 0 aromatic rings. The van der Waals surface area contributed by atoms with Gasteiger partial charge in [-0.15, -0.1) is 0 Å². The Morgan fingerprint density at radius 3 is 2.29 bits per heavy atom. The second-order valence-corrected chi connectivity index (χ2v) is 2.57. The van der Waals surface area contributed by atoms with Gasteiger partial charge in [-0.25, -0.2) is 4.79 Å². The minimum Gasteiger partial charge on any atom is -0.481 e. The summed E-state index contributed by atoms with van der Waals surface area (Å²) in [5.74, 6) is -2.81. The van der Waals surface area contributed by atoms with E-state index in [2.05, 4.69) is 5.32 Å². The molecule has 0 unspecified atom stereocenters. The number of carboxylic acid groups (broad SMARTS) is 2. The lowest BCUT2D eigenvalue weighted by atomic mass is 10.3. The molecular weight excluding hydrogens is 190 g/mol. The third kappa shape index (κ3) is 5.76. The zero-order chi connectivity index (χ0) is 11.1. The van der Waals surface area contributed by atoms with E-state index in [9.17, 15) is 14.4 Å². The van der Waals surface area contributed by atoms with E-state index in [1.165, 1.54) is 6.92 Å². The molecule has 0 aliphatic rings. The lowest BCUT2D eigenvalue weighted by Gasteiger charge is -1.98. The van der Waals surface area contributed by atoms with Crippen LogP contribution in [0.4, 0.5) is 0 Å². The summed E-state index contributed by atoms with van der Waals surface area (Å²) in [4.78, 5) is 31.2. The maximum atomic E-state index is 10.9. The van der Waals surface area contributed by atoms with Gasteiger partial charge in [0.15, 0.2) is 0 Å². The Bertz CT molecular complexity index is 281. The standard InChI is InChI=1S/C8H11NO5/c1-5(8(13)14)4-6(10)9-3-2-7(11)12/h4H,2-3H2,1H3,(H,9,10)(H,11,12)(H,13,14). The summed E-state index contributed by atoms with van der Waals surface area (Å²) in [6.07, 6.45) is 0.718. The fourth-order valence-corrected chi connectivity index (χ4v) is 0.602. The van der Waals surface area contributed by atoms with Gasteiger partial charge in [0.25, 0.3) is 0 Å². The number of hydrogen-bond acceptors (Lipinski definition) is 3. The number of rotatable bonds is 5. The molecule has 0 radical (unpaired) electrons. The molecule has 0 fully saturated rings. The van der Waals surface area contributed by atoms with E-state index < -0.39 is 17.8 Å². The summed E-state index contributed by atoms with van der Waals surface area (Å²) in [6.45, 7) is 1.26. The van der Waals surface area contributed by atoms with Crippen LogP contribution in [0.2, 0.25) is 0 Å². The Morgan fingerprint density at radius 1 is 1.29 bits per heavy atom. The van der Waals surface area contributed by atoms with Crippen LogP contribution in [0.1, 0.15) is 13.3 Å². The molecule has 0 saturated heterocycles. The van der Waals surface area contributed by atoms with Crippen molar-refractivity contribution in [2.45, 2.75) is 13.3 Å². The first-order valence-corrected chi connectivity index (χ1v) is 3.84. The Kier molecular flexibility index (Phi) is 4.98. The van der Waals surface area contributed by atoms with Crippen molar-refractivity contribution in [3.05, 3.63) is 11.6 Å². The summed E-state index contributed by atoms with van der Waals surface area (Å²) in [5, 5.41) is 18.9. The number of hydrogen-bond donors (Lipinski definition) is 3. The first-order valence-electron chi connectivity index (χ1n) is 3.84. The molecule has 14 heavy (non-hydrogen) atoms. The third-order valence-corrected chi connectivity index (χ3v) is 1.32. The van der Waals surface area contributed by atoms with Crippen LogP contribution >= 0.6 is 0 Å². The maximum Gasteiger partial charge on any atom is 0.331 e. The molecule has 6 heteroatoms. The molecule has 0 aromatic carbocycles. The van der Waals surface area contributed by atoms with Gasteiger partial charge in [-0.1, -0.05) is 0 Å². The van der Waals surface area contributed by atoms with Crippen molar-refractivity contribution in [1.29, 1.82) is 0 Å². The van der Waals surface area contributed by atoms with Crippen LogP contribution in [0, 0.1) is 0 Å². The molecule has 78 valence electrons. The Morgan fingerprint density at radius 2 is 1.86 bits per heavy atom. The van der Waals surface area contributed by atoms with Gasteiger partial charge < -0.3 is 15.5 Å². The second-order valence-electron chi connectivity index (χ2n) is 2.57. The second kappa shape index (κ2) is 5.74. The average molecular weight is 201 g/mol. The first-order chi connectivity index (χ1) is 6.43. The van der Waals surface area contributed by atoms with Crippen molar-refractivity contribution in [1.82, 2.24) is 5.32 Å². The zero-order valence-corrected chi connectivity index (χ0v) is 7.61. The van der Waals surface area contributed by atoms with Gasteiger partial charge in [0, 0.05) is 18.2 Å². The molecule has 1 amide bonds. The average Bonchev–Trinajstić information content (AvgIpc) is 2.02. The lowest BCUT2D eigenvalue weighted by molar-refractivity contribution is -0.137. The highest BCUT2D eigenvalue weighted by Gasteiger charge is 2.04. The van der Waals surface area contributed by atoms with E-state index in [0.29, 0.717) is 0 Å². The van der Waals surface area contributed by atoms with E-state index in [1.54, 1.807) is 0 Å². The number of nitrogens with one attached hydrogen (secondary N) is 1.